The fourth-order valence-electron chi connectivity index (χ4n) is 9.82. The largest absolute Gasteiger partial charge is 0.377 e. The van der Waals surface area contributed by atoms with E-state index in [1.165, 1.54) is 0 Å². The second-order valence-corrected chi connectivity index (χ2v) is 16.2. The van der Waals surface area contributed by atoms with E-state index in [0.29, 0.717) is 0 Å². The zero-order valence-corrected chi connectivity index (χ0v) is 29.8. The molecule has 2 N–H and O–H groups in total. The van der Waals surface area contributed by atoms with Gasteiger partial charge in [-0.2, -0.15) is 0 Å². The molecule has 1 aliphatic heterocycles. The van der Waals surface area contributed by atoms with Crippen LogP contribution in [0.1, 0.15) is 43.0 Å². The zero-order chi connectivity index (χ0) is 35.9. The van der Waals surface area contributed by atoms with Crippen molar-refractivity contribution in [3.05, 3.63) is 168 Å². The molecule has 258 valence electrons. The van der Waals surface area contributed by atoms with Crippen LogP contribution in [0.15, 0.2) is 146 Å². The lowest BCUT2D eigenvalue weighted by atomic mass is 9.74. The molecule has 0 saturated carbocycles. The predicted molar refractivity (Wildman–Crippen MR) is 213 cm³/mol. The monoisotopic (exact) mass is 690 g/mol. The first-order chi connectivity index (χ1) is 25.7. The minimum atomic E-state index is -1.67. The quantitative estimate of drug-likeness (QED) is 0.190. The third-order valence-corrected chi connectivity index (χ3v) is 12.2. The molecule has 0 radical (unpaired) electrons. The second-order valence-electron chi connectivity index (χ2n) is 16.2. The SMILES string of the molecule is CC(C)(C)C1O[C@@H](C2(O)c3ccc4ccccc4c3-c3c2ccc2ccccc32)[C@H](C2(O)c3ccc4ccccc4c3-c3c2ccc2ccccc32)O1. The van der Waals surface area contributed by atoms with Crippen molar-refractivity contribution in [2.24, 2.45) is 5.41 Å². The Kier molecular flexibility index (Phi) is 6.25. The summed E-state index contributed by atoms with van der Waals surface area (Å²) in [5, 5.41) is 36.4. The molecule has 1 heterocycles. The van der Waals surface area contributed by atoms with Gasteiger partial charge in [0, 0.05) is 5.41 Å². The Labute approximate surface area is 307 Å². The summed E-state index contributed by atoms with van der Waals surface area (Å²) in [7, 11) is 0. The number of ether oxygens (including phenoxy) is 2. The molecule has 53 heavy (non-hydrogen) atoms. The van der Waals surface area contributed by atoms with Gasteiger partial charge in [-0.25, -0.2) is 0 Å². The number of hydrogen-bond acceptors (Lipinski definition) is 4. The van der Waals surface area contributed by atoms with Crippen LogP contribution in [0.3, 0.4) is 0 Å². The number of benzene rings is 8. The highest BCUT2D eigenvalue weighted by atomic mass is 16.7. The first-order valence-electron chi connectivity index (χ1n) is 18.5. The van der Waals surface area contributed by atoms with Crippen molar-refractivity contribution >= 4 is 43.1 Å². The van der Waals surface area contributed by atoms with Gasteiger partial charge < -0.3 is 19.7 Å². The van der Waals surface area contributed by atoms with Crippen LogP contribution in [0.25, 0.3) is 65.3 Å². The van der Waals surface area contributed by atoms with Crippen LogP contribution in [-0.2, 0) is 20.7 Å². The zero-order valence-electron chi connectivity index (χ0n) is 29.8. The Balaban J connectivity index is 1.23. The van der Waals surface area contributed by atoms with Crippen molar-refractivity contribution in [3.8, 4) is 22.3 Å². The summed E-state index contributed by atoms with van der Waals surface area (Å²) in [6.07, 6.45) is -2.70. The van der Waals surface area contributed by atoms with E-state index in [9.17, 15) is 10.2 Å². The van der Waals surface area contributed by atoms with Crippen LogP contribution in [0.5, 0.6) is 0 Å². The number of aliphatic hydroxyl groups is 2. The van der Waals surface area contributed by atoms with E-state index in [1.54, 1.807) is 0 Å². The summed E-state index contributed by atoms with van der Waals surface area (Å²) in [6.45, 7) is 6.25. The average Bonchev–Trinajstić information content (AvgIpc) is 3.84. The summed E-state index contributed by atoms with van der Waals surface area (Å²) < 4.78 is 14.2. The molecule has 2 atom stereocenters. The molecule has 4 nitrogen and oxygen atoms in total. The summed E-state index contributed by atoms with van der Waals surface area (Å²) in [5.74, 6) is 0. The van der Waals surface area contributed by atoms with Crippen molar-refractivity contribution in [2.75, 3.05) is 0 Å². The van der Waals surface area contributed by atoms with Gasteiger partial charge in [-0.1, -0.05) is 166 Å². The molecule has 0 spiro atoms. The molecule has 11 rings (SSSR count). The van der Waals surface area contributed by atoms with E-state index in [4.69, 9.17) is 9.47 Å². The Morgan fingerprint density at radius 3 is 0.925 bits per heavy atom. The number of fused-ring (bicyclic) bond motifs is 14. The van der Waals surface area contributed by atoms with Gasteiger partial charge >= 0.3 is 0 Å². The Bertz CT molecular complexity index is 2490. The highest BCUT2D eigenvalue weighted by Gasteiger charge is 2.65. The lowest BCUT2D eigenvalue weighted by Gasteiger charge is -2.40. The maximum Gasteiger partial charge on any atom is 0.163 e. The third-order valence-electron chi connectivity index (χ3n) is 12.2. The molecular weight excluding hydrogens is 653 g/mol. The molecular formula is C49H38O4. The van der Waals surface area contributed by atoms with Crippen molar-refractivity contribution in [2.45, 2.75) is 50.5 Å². The molecule has 4 heteroatoms. The van der Waals surface area contributed by atoms with E-state index in [-0.39, 0.29) is 0 Å². The number of hydrogen-bond donors (Lipinski definition) is 2. The van der Waals surface area contributed by atoms with Crippen molar-refractivity contribution in [3.63, 3.8) is 0 Å². The standard InChI is InChI=1S/C49H38O4/c1-47(2,3)46-52-44(48(50)36-24-20-28-12-4-8-16-32(28)40(36)41-33-17-9-5-13-29(33)21-25-37(41)48)45(53-46)49(51)38-26-22-30-14-6-10-18-34(30)42(38)43-35-19-11-7-15-31(35)23-27-39(43)49/h4-27,44-46,50-51H,1-3H3/t44-,45-/m1/s1. The van der Waals surface area contributed by atoms with Gasteiger partial charge in [0.05, 0.1) is 0 Å². The van der Waals surface area contributed by atoms with E-state index < -0.39 is 35.1 Å². The van der Waals surface area contributed by atoms with E-state index in [0.717, 1.165) is 87.6 Å². The van der Waals surface area contributed by atoms with Gasteiger partial charge in [0.15, 0.2) is 6.29 Å². The maximum atomic E-state index is 13.9. The Morgan fingerprint density at radius 1 is 0.396 bits per heavy atom. The van der Waals surface area contributed by atoms with Crippen LogP contribution in [0.4, 0.5) is 0 Å². The van der Waals surface area contributed by atoms with Crippen LogP contribution in [-0.4, -0.2) is 28.7 Å². The lowest BCUT2D eigenvalue weighted by Crippen LogP contribution is -2.53. The summed E-state index contributed by atoms with van der Waals surface area (Å²) in [6, 6.07) is 50.0. The molecule has 1 fully saturated rings. The molecule has 2 aliphatic carbocycles. The van der Waals surface area contributed by atoms with Gasteiger partial charge in [0.1, 0.15) is 23.4 Å². The topological polar surface area (TPSA) is 58.9 Å². The number of rotatable bonds is 2. The fraction of sp³-hybridized carbons (Fsp3) is 0.184. The fourth-order valence-corrected chi connectivity index (χ4v) is 9.82. The first-order valence-corrected chi connectivity index (χ1v) is 18.5. The Morgan fingerprint density at radius 2 is 0.660 bits per heavy atom. The molecule has 0 unspecified atom stereocenters. The smallest absolute Gasteiger partial charge is 0.163 e. The second kappa shape index (κ2) is 10.6. The minimum Gasteiger partial charge on any atom is -0.377 e. The van der Waals surface area contributed by atoms with Crippen molar-refractivity contribution in [1.29, 1.82) is 0 Å². The molecule has 3 aliphatic rings. The summed E-state index contributed by atoms with van der Waals surface area (Å²) in [5.41, 5.74) is 3.21. The molecule has 8 aromatic carbocycles. The van der Waals surface area contributed by atoms with Crippen LogP contribution in [0, 0.1) is 5.41 Å². The first kappa shape index (κ1) is 31.2. The normalized spacial score (nSPS) is 19.9. The van der Waals surface area contributed by atoms with Crippen LogP contribution in [0.2, 0.25) is 0 Å². The highest BCUT2D eigenvalue weighted by Crippen LogP contribution is 2.62. The Hall–Kier alpha value is -5.36. The van der Waals surface area contributed by atoms with Crippen LogP contribution >= 0.6 is 0 Å². The predicted octanol–water partition coefficient (Wildman–Crippen LogP) is 10.6. The van der Waals surface area contributed by atoms with Gasteiger partial charge in [-0.15, -0.1) is 0 Å². The molecule has 0 amide bonds. The third kappa shape index (κ3) is 3.99. The van der Waals surface area contributed by atoms with E-state index >= 15 is 0 Å². The van der Waals surface area contributed by atoms with Crippen molar-refractivity contribution in [1.82, 2.24) is 0 Å². The molecule has 0 bridgehead atoms. The average molecular weight is 691 g/mol. The molecule has 1 saturated heterocycles. The van der Waals surface area contributed by atoms with Gasteiger partial charge in [-0.3, -0.25) is 0 Å². The minimum absolute atomic E-state index is 0.464. The summed E-state index contributed by atoms with van der Waals surface area (Å²) >= 11 is 0. The van der Waals surface area contributed by atoms with E-state index in [2.05, 4.69) is 166 Å². The molecule has 0 aromatic heterocycles. The summed E-state index contributed by atoms with van der Waals surface area (Å²) in [4.78, 5) is 0. The molecule has 8 aromatic rings. The highest BCUT2D eigenvalue weighted by molar-refractivity contribution is 6.12. The van der Waals surface area contributed by atoms with Crippen LogP contribution < -0.4 is 0 Å². The van der Waals surface area contributed by atoms with Gasteiger partial charge in [0.25, 0.3) is 0 Å². The van der Waals surface area contributed by atoms with Gasteiger partial charge in [0.2, 0.25) is 0 Å². The van der Waals surface area contributed by atoms with E-state index in [1.807, 2.05) is 0 Å². The van der Waals surface area contributed by atoms with Crippen molar-refractivity contribution < 1.29 is 19.7 Å². The lowest BCUT2D eigenvalue weighted by molar-refractivity contribution is -0.156. The maximum absolute atomic E-state index is 13.9. The van der Waals surface area contributed by atoms with Gasteiger partial charge in [-0.05, 0) is 87.6 Å².